The van der Waals surface area contributed by atoms with E-state index in [4.69, 9.17) is 16.6 Å². The van der Waals surface area contributed by atoms with E-state index in [1.807, 2.05) is 0 Å². The number of nitrogens with zero attached hydrogens (tertiary/aromatic N) is 1. The Morgan fingerprint density at radius 3 is 2.82 bits per heavy atom. The van der Waals surface area contributed by atoms with Crippen LogP contribution in [0.15, 0.2) is 45.7 Å². The fourth-order valence-corrected chi connectivity index (χ4v) is 4.44. The average molecular weight is 418 g/mol. The van der Waals surface area contributed by atoms with Crippen molar-refractivity contribution in [2.75, 3.05) is 6.54 Å². The normalized spacial score (nSPS) is 17.0. The van der Waals surface area contributed by atoms with Gasteiger partial charge in [-0.05, 0) is 36.6 Å². The highest BCUT2D eigenvalue weighted by atomic mass is 32.2. The van der Waals surface area contributed by atoms with Crippen LogP contribution in [0.3, 0.4) is 0 Å². The molecule has 1 saturated heterocycles. The summed E-state index contributed by atoms with van der Waals surface area (Å²) in [5, 5.41) is 0. The summed E-state index contributed by atoms with van der Waals surface area (Å²) in [5.74, 6) is 1.20. The van der Waals surface area contributed by atoms with Crippen LogP contribution < -0.4 is 0 Å². The van der Waals surface area contributed by atoms with Gasteiger partial charge in [-0.2, -0.15) is 0 Å². The second kappa shape index (κ2) is 9.52. The van der Waals surface area contributed by atoms with Gasteiger partial charge in [-0.25, -0.2) is 4.39 Å². The number of hydrogen-bond donors (Lipinski definition) is 0. The van der Waals surface area contributed by atoms with E-state index < -0.39 is 0 Å². The molecule has 1 atom stereocenters. The fourth-order valence-electron chi connectivity index (χ4n) is 3.19. The molecule has 148 valence electrons. The van der Waals surface area contributed by atoms with E-state index in [1.54, 1.807) is 35.2 Å². The zero-order chi connectivity index (χ0) is 20.1. The van der Waals surface area contributed by atoms with Crippen molar-refractivity contribution in [3.63, 3.8) is 0 Å². The summed E-state index contributed by atoms with van der Waals surface area (Å²) >= 11 is 6.75. The van der Waals surface area contributed by atoms with Crippen molar-refractivity contribution in [1.29, 1.82) is 0 Å². The number of carbonyl (C=O) groups excluding carboxylic acids is 1. The first kappa shape index (κ1) is 20.8. The summed E-state index contributed by atoms with van der Waals surface area (Å²) in [4.78, 5) is 15.1. The van der Waals surface area contributed by atoms with Crippen LogP contribution in [-0.4, -0.2) is 21.7 Å². The van der Waals surface area contributed by atoms with Gasteiger partial charge in [0.2, 0.25) is 0 Å². The van der Waals surface area contributed by atoms with Crippen molar-refractivity contribution < 1.29 is 13.6 Å². The number of carbonyl (C=O) groups is 1. The van der Waals surface area contributed by atoms with Crippen molar-refractivity contribution in [2.24, 2.45) is 5.92 Å². The van der Waals surface area contributed by atoms with Crippen LogP contribution in [0.2, 0.25) is 0 Å². The van der Waals surface area contributed by atoms with Gasteiger partial charge in [0.1, 0.15) is 21.7 Å². The summed E-state index contributed by atoms with van der Waals surface area (Å²) in [7, 11) is 0. The van der Waals surface area contributed by atoms with Gasteiger partial charge in [-0.15, -0.1) is 0 Å². The number of halogens is 1. The number of benzene rings is 1. The molecule has 1 aromatic heterocycles. The summed E-state index contributed by atoms with van der Waals surface area (Å²) in [6, 6.07) is 9.79. The number of amides is 1. The predicted octanol–water partition coefficient (Wildman–Crippen LogP) is 6.50. The molecule has 0 spiro atoms. The molecule has 3 rings (SSSR count). The van der Waals surface area contributed by atoms with Gasteiger partial charge in [0.15, 0.2) is 0 Å². The number of thioether (sulfide) groups is 1. The van der Waals surface area contributed by atoms with Crippen molar-refractivity contribution in [3.05, 3.63) is 52.9 Å². The summed E-state index contributed by atoms with van der Waals surface area (Å²) < 4.78 is 19.8. The molecule has 1 amide bonds. The average Bonchev–Trinajstić information content (AvgIpc) is 3.25. The molecule has 0 N–H and O–H groups in total. The van der Waals surface area contributed by atoms with Gasteiger partial charge in [-0.1, -0.05) is 69.2 Å². The van der Waals surface area contributed by atoms with Gasteiger partial charge in [0.25, 0.3) is 5.91 Å². The molecule has 1 aliphatic heterocycles. The molecule has 0 aliphatic carbocycles. The Hall–Kier alpha value is -1.92. The van der Waals surface area contributed by atoms with E-state index in [2.05, 4.69) is 13.8 Å². The van der Waals surface area contributed by atoms with E-state index in [-0.39, 0.29) is 11.7 Å². The molecule has 0 radical (unpaired) electrons. The third-order valence-corrected chi connectivity index (χ3v) is 6.24. The van der Waals surface area contributed by atoms with Crippen LogP contribution in [0.25, 0.3) is 17.4 Å². The largest absolute Gasteiger partial charge is 0.457 e. The lowest BCUT2D eigenvalue weighted by atomic mass is 9.99. The molecular weight excluding hydrogens is 393 g/mol. The number of hydrogen-bond acceptors (Lipinski definition) is 4. The molecule has 28 heavy (non-hydrogen) atoms. The maximum atomic E-state index is 13.4. The van der Waals surface area contributed by atoms with E-state index in [0.29, 0.717) is 38.8 Å². The van der Waals surface area contributed by atoms with E-state index in [1.165, 1.54) is 30.3 Å². The molecule has 0 bridgehead atoms. The van der Waals surface area contributed by atoms with Crippen LogP contribution in [0.5, 0.6) is 0 Å². The van der Waals surface area contributed by atoms with Crippen molar-refractivity contribution in [2.45, 2.75) is 39.5 Å². The molecule has 2 heterocycles. The Morgan fingerprint density at radius 1 is 1.29 bits per heavy atom. The van der Waals surface area contributed by atoms with Gasteiger partial charge in [0.05, 0.1) is 4.91 Å². The third kappa shape index (κ3) is 4.92. The van der Waals surface area contributed by atoms with Gasteiger partial charge < -0.3 is 4.42 Å². The first-order valence-corrected chi connectivity index (χ1v) is 10.9. The Balaban J connectivity index is 1.73. The van der Waals surface area contributed by atoms with Crippen molar-refractivity contribution >= 4 is 40.3 Å². The zero-order valence-corrected chi connectivity index (χ0v) is 17.7. The Kier molecular flexibility index (Phi) is 7.08. The summed E-state index contributed by atoms with van der Waals surface area (Å²) in [5.41, 5.74) is 0.661. The van der Waals surface area contributed by atoms with Gasteiger partial charge in [-0.3, -0.25) is 9.69 Å². The molecule has 6 heteroatoms. The van der Waals surface area contributed by atoms with Crippen LogP contribution in [-0.2, 0) is 4.79 Å². The second-order valence-electron chi connectivity index (χ2n) is 6.92. The first-order chi connectivity index (χ1) is 13.5. The SMILES string of the molecule is CCCCC(CC)CN1C(=O)/C(=C\c2ccc(-c3cccc(F)c3)o2)SC1=S. The quantitative estimate of drug-likeness (QED) is 0.362. The zero-order valence-electron chi connectivity index (χ0n) is 16.1. The topological polar surface area (TPSA) is 33.5 Å². The second-order valence-corrected chi connectivity index (χ2v) is 8.60. The minimum absolute atomic E-state index is 0.0614. The highest BCUT2D eigenvalue weighted by Gasteiger charge is 2.33. The maximum absolute atomic E-state index is 13.4. The van der Waals surface area contributed by atoms with Crippen LogP contribution >= 0.6 is 24.0 Å². The molecule has 3 nitrogen and oxygen atoms in total. The number of unbranched alkanes of at least 4 members (excludes halogenated alkanes) is 1. The highest BCUT2D eigenvalue weighted by molar-refractivity contribution is 8.26. The lowest BCUT2D eigenvalue weighted by molar-refractivity contribution is -0.122. The van der Waals surface area contributed by atoms with Crippen LogP contribution in [0.1, 0.15) is 45.3 Å². The highest BCUT2D eigenvalue weighted by Crippen LogP contribution is 2.34. The van der Waals surface area contributed by atoms with Crippen LogP contribution in [0.4, 0.5) is 4.39 Å². The molecule has 1 fully saturated rings. The minimum Gasteiger partial charge on any atom is -0.457 e. The van der Waals surface area contributed by atoms with E-state index in [0.717, 1.165) is 19.3 Å². The van der Waals surface area contributed by atoms with Crippen molar-refractivity contribution in [1.82, 2.24) is 4.90 Å². The predicted molar refractivity (Wildman–Crippen MR) is 117 cm³/mol. The smallest absolute Gasteiger partial charge is 0.266 e. The third-order valence-electron chi connectivity index (χ3n) is 4.87. The van der Waals surface area contributed by atoms with E-state index >= 15 is 0 Å². The fraction of sp³-hybridized carbons (Fsp3) is 0.364. The Bertz CT molecular complexity index is 890. The van der Waals surface area contributed by atoms with Gasteiger partial charge >= 0.3 is 0 Å². The Labute approximate surface area is 175 Å². The van der Waals surface area contributed by atoms with Crippen LogP contribution in [0, 0.1) is 11.7 Å². The Morgan fingerprint density at radius 2 is 2.11 bits per heavy atom. The first-order valence-electron chi connectivity index (χ1n) is 9.63. The molecule has 0 saturated carbocycles. The van der Waals surface area contributed by atoms with Crippen molar-refractivity contribution in [3.8, 4) is 11.3 Å². The van der Waals surface area contributed by atoms with E-state index in [9.17, 15) is 9.18 Å². The molecule has 2 aromatic rings. The minimum atomic E-state index is -0.315. The molecule has 1 aliphatic rings. The lowest BCUT2D eigenvalue weighted by Crippen LogP contribution is -2.33. The standard InChI is InChI=1S/C22H24FNO2S2/c1-3-5-7-15(4-2)14-24-21(25)20(28-22(24)27)13-18-10-11-19(26-18)16-8-6-9-17(23)12-16/h6,8-13,15H,3-5,7,14H2,1-2H3/b20-13+. The molecule has 1 unspecified atom stereocenters. The lowest BCUT2D eigenvalue weighted by Gasteiger charge is -2.21. The van der Waals surface area contributed by atoms with Gasteiger partial charge in [0, 0.05) is 18.2 Å². The number of rotatable bonds is 8. The molecular formula is C22H24FNO2S2. The summed E-state index contributed by atoms with van der Waals surface area (Å²) in [6.07, 6.45) is 6.18. The maximum Gasteiger partial charge on any atom is 0.266 e. The molecule has 1 aromatic carbocycles. The summed E-state index contributed by atoms with van der Waals surface area (Å²) in [6.45, 7) is 5.01. The number of thiocarbonyl (C=S) groups is 1. The monoisotopic (exact) mass is 417 g/mol. The number of furan rings is 1.